The normalized spacial score (nSPS) is 22.9. The van der Waals surface area contributed by atoms with Gasteiger partial charge in [0.05, 0.1) is 21.4 Å². The van der Waals surface area contributed by atoms with Crippen LogP contribution >= 0.6 is 27.5 Å². The molecule has 114 valence electrons. The Morgan fingerprint density at radius 2 is 2.14 bits per heavy atom. The van der Waals surface area contributed by atoms with Gasteiger partial charge in [-0.3, -0.25) is 0 Å². The van der Waals surface area contributed by atoms with E-state index in [4.69, 9.17) is 11.6 Å². The zero-order valence-electron chi connectivity index (χ0n) is 12.1. The van der Waals surface area contributed by atoms with E-state index in [0.717, 1.165) is 23.4 Å². The van der Waals surface area contributed by atoms with Crippen molar-refractivity contribution in [2.24, 2.45) is 11.8 Å². The Balaban J connectivity index is 2.01. The maximum atomic E-state index is 13.9. The highest BCUT2D eigenvalue weighted by Crippen LogP contribution is 2.33. The Morgan fingerprint density at radius 3 is 2.86 bits per heavy atom. The number of fused-ring (bicyclic) bond motifs is 1. The van der Waals surface area contributed by atoms with Gasteiger partial charge in [0.25, 0.3) is 0 Å². The quantitative estimate of drug-likeness (QED) is 0.649. The molecule has 1 aromatic carbocycles. The summed E-state index contributed by atoms with van der Waals surface area (Å²) in [4.78, 5) is 4.56. The minimum atomic E-state index is -0.249. The van der Waals surface area contributed by atoms with E-state index < -0.39 is 0 Å². The minimum Gasteiger partial charge on any atom is -0.327 e. The molecule has 1 aliphatic rings. The van der Waals surface area contributed by atoms with Gasteiger partial charge in [0, 0.05) is 12.6 Å². The molecule has 2 nitrogen and oxygen atoms in total. The van der Waals surface area contributed by atoms with Crippen molar-refractivity contribution in [3.8, 4) is 0 Å². The first kappa shape index (κ1) is 15.3. The lowest BCUT2D eigenvalue weighted by molar-refractivity contribution is 0.229. The highest BCUT2D eigenvalue weighted by atomic mass is 79.9. The lowest BCUT2D eigenvalue weighted by atomic mass is 9.80. The number of benzene rings is 1. The fraction of sp³-hybridized carbons (Fsp3) is 0.562. The average Bonchev–Trinajstić information content (AvgIpc) is 2.79. The second kappa shape index (κ2) is 6.25. The molecule has 2 unspecified atom stereocenters. The van der Waals surface area contributed by atoms with Gasteiger partial charge in [-0.25, -0.2) is 9.37 Å². The zero-order valence-corrected chi connectivity index (χ0v) is 14.4. The minimum absolute atomic E-state index is 0.249. The Hall–Kier alpha value is -0.610. The summed E-state index contributed by atoms with van der Waals surface area (Å²) in [6.07, 6.45) is 5.14. The molecule has 0 amide bonds. The maximum absolute atomic E-state index is 13.9. The molecule has 1 saturated carbocycles. The largest absolute Gasteiger partial charge is 0.327 e. The van der Waals surface area contributed by atoms with Crippen LogP contribution in [-0.4, -0.2) is 9.55 Å². The van der Waals surface area contributed by atoms with Crippen LogP contribution in [0.15, 0.2) is 16.6 Å². The fourth-order valence-electron chi connectivity index (χ4n) is 3.37. The molecule has 0 bridgehead atoms. The summed E-state index contributed by atoms with van der Waals surface area (Å²) in [5.74, 6) is 2.28. The smallest absolute Gasteiger partial charge is 0.139 e. The number of halogens is 3. The lowest BCUT2D eigenvalue weighted by Gasteiger charge is -2.29. The van der Waals surface area contributed by atoms with Gasteiger partial charge >= 0.3 is 0 Å². The SMILES string of the molecule is CC1CCCCC1Cn1c(CCl)nc2cc(Br)c(F)cc21. The summed E-state index contributed by atoms with van der Waals surface area (Å²) in [5, 5.41) is 0. The first-order valence-corrected chi connectivity index (χ1v) is 8.83. The van der Waals surface area contributed by atoms with Crippen molar-refractivity contribution in [1.29, 1.82) is 0 Å². The fourth-order valence-corrected chi connectivity index (χ4v) is 3.91. The van der Waals surface area contributed by atoms with Gasteiger partial charge in [0.1, 0.15) is 11.6 Å². The molecule has 0 radical (unpaired) electrons. The van der Waals surface area contributed by atoms with Gasteiger partial charge in [0.15, 0.2) is 0 Å². The molecule has 1 heterocycles. The molecule has 21 heavy (non-hydrogen) atoms. The first-order chi connectivity index (χ1) is 10.1. The van der Waals surface area contributed by atoms with Crippen LogP contribution in [0.3, 0.4) is 0 Å². The van der Waals surface area contributed by atoms with Crippen LogP contribution in [0.25, 0.3) is 11.0 Å². The van der Waals surface area contributed by atoms with Crippen LogP contribution in [0.5, 0.6) is 0 Å². The van der Waals surface area contributed by atoms with Gasteiger partial charge in [-0.2, -0.15) is 0 Å². The summed E-state index contributed by atoms with van der Waals surface area (Å²) < 4.78 is 16.4. The maximum Gasteiger partial charge on any atom is 0.139 e. The molecule has 5 heteroatoms. The Kier molecular flexibility index (Phi) is 4.55. The van der Waals surface area contributed by atoms with Crippen molar-refractivity contribution >= 4 is 38.6 Å². The van der Waals surface area contributed by atoms with E-state index in [-0.39, 0.29) is 5.82 Å². The number of imidazole rings is 1. The van der Waals surface area contributed by atoms with E-state index in [2.05, 4.69) is 32.4 Å². The van der Waals surface area contributed by atoms with Gasteiger partial charge in [-0.05, 0) is 40.3 Å². The van der Waals surface area contributed by atoms with Crippen molar-refractivity contribution in [2.45, 2.75) is 45.0 Å². The monoisotopic (exact) mass is 372 g/mol. The summed E-state index contributed by atoms with van der Waals surface area (Å²) in [6.45, 7) is 3.21. The van der Waals surface area contributed by atoms with E-state index in [1.54, 1.807) is 12.1 Å². The molecule has 1 fully saturated rings. The van der Waals surface area contributed by atoms with Crippen molar-refractivity contribution in [3.63, 3.8) is 0 Å². The molecule has 1 aromatic heterocycles. The third-order valence-corrected chi connectivity index (χ3v) is 5.54. The van der Waals surface area contributed by atoms with Gasteiger partial charge in [-0.1, -0.05) is 26.2 Å². The molecule has 2 atom stereocenters. The summed E-state index contributed by atoms with van der Waals surface area (Å²) in [5.41, 5.74) is 1.66. The van der Waals surface area contributed by atoms with Crippen LogP contribution in [0.2, 0.25) is 0 Å². The van der Waals surface area contributed by atoms with Crippen molar-refractivity contribution in [2.75, 3.05) is 0 Å². The van der Waals surface area contributed by atoms with E-state index in [1.807, 2.05) is 0 Å². The number of hydrogen-bond acceptors (Lipinski definition) is 1. The number of alkyl halides is 1. The number of hydrogen-bond donors (Lipinski definition) is 0. The zero-order chi connectivity index (χ0) is 15.0. The average molecular weight is 374 g/mol. The second-order valence-electron chi connectivity index (χ2n) is 6.05. The molecule has 0 N–H and O–H groups in total. The van der Waals surface area contributed by atoms with Crippen LogP contribution in [0.1, 0.15) is 38.4 Å². The Labute approximate surface area is 137 Å². The molecule has 3 rings (SSSR count). The number of aromatic nitrogens is 2. The molecule has 0 spiro atoms. The van der Waals surface area contributed by atoms with Gasteiger partial charge in [0.2, 0.25) is 0 Å². The van der Waals surface area contributed by atoms with E-state index >= 15 is 0 Å². The molecular formula is C16H19BrClFN2. The number of nitrogens with zero attached hydrogens (tertiary/aromatic N) is 2. The first-order valence-electron chi connectivity index (χ1n) is 7.50. The third-order valence-electron chi connectivity index (χ3n) is 4.70. The van der Waals surface area contributed by atoms with E-state index in [9.17, 15) is 4.39 Å². The third kappa shape index (κ3) is 2.98. The summed E-state index contributed by atoms with van der Waals surface area (Å²) >= 11 is 9.27. The van der Waals surface area contributed by atoms with Crippen molar-refractivity contribution in [3.05, 3.63) is 28.2 Å². The number of rotatable bonds is 3. The highest BCUT2D eigenvalue weighted by molar-refractivity contribution is 9.10. The van der Waals surface area contributed by atoms with Crippen LogP contribution in [0, 0.1) is 17.7 Å². The molecular weight excluding hydrogens is 355 g/mol. The molecule has 0 aliphatic heterocycles. The lowest BCUT2D eigenvalue weighted by Crippen LogP contribution is -2.22. The standard InChI is InChI=1S/C16H19BrClFN2/c1-10-4-2-3-5-11(10)9-21-15-7-13(19)12(17)6-14(15)20-16(21)8-18/h6-7,10-11H,2-5,8-9H2,1H3. The Morgan fingerprint density at radius 1 is 1.38 bits per heavy atom. The predicted octanol–water partition coefficient (Wildman–Crippen LogP) is 5.50. The molecule has 2 aromatic rings. The van der Waals surface area contributed by atoms with Gasteiger partial charge < -0.3 is 4.57 Å². The highest BCUT2D eigenvalue weighted by Gasteiger charge is 2.24. The second-order valence-corrected chi connectivity index (χ2v) is 7.17. The van der Waals surface area contributed by atoms with Crippen LogP contribution in [0.4, 0.5) is 4.39 Å². The van der Waals surface area contributed by atoms with Crippen LogP contribution < -0.4 is 0 Å². The molecule has 1 aliphatic carbocycles. The topological polar surface area (TPSA) is 17.8 Å². The van der Waals surface area contributed by atoms with Crippen LogP contribution in [-0.2, 0) is 12.4 Å². The van der Waals surface area contributed by atoms with E-state index in [1.165, 1.54) is 25.7 Å². The van der Waals surface area contributed by atoms with Crippen molar-refractivity contribution in [1.82, 2.24) is 9.55 Å². The van der Waals surface area contributed by atoms with Crippen molar-refractivity contribution < 1.29 is 4.39 Å². The van der Waals surface area contributed by atoms with E-state index in [0.29, 0.717) is 22.2 Å². The van der Waals surface area contributed by atoms with Gasteiger partial charge in [-0.15, -0.1) is 11.6 Å². The Bertz CT molecular complexity index is 655. The summed E-state index contributed by atoms with van der Waals surface area (Å²) in [7, 11) is 0. The predicted molar refractivity (Wildman–Crippen MR) is 88.1 cm³/mol. The summed E-state index contributed by atoms with van der Waals surface area (Å²) in [6, 6.07) is 3.30. The molecule has 0 saturated heterocycles.